The van der Waals surface area contributed by atoms with Crippen LogP contribution in [0.3, 0.4) is 0 Å². The third-order valence-electron chi connectivity index (χ3n) is 6.49. The fraction of sp³-hybridized carbons (Fsp3) is 0.833. The molecule has 0 aromatic heterocycles. The number of allylic oxidation sites excluding steroid dienone is 1. The minimum Gasteiger partial charge on any atom is -0.467 e. The third-order valence-corrected chi connectivity index (χ3v) is 6.49. The van der Waals surface area contributed by atoms with Crippen molar-refractivity contribution in [1.82, 2.24) is 5.23 Å². The molecule has 2 bridgehead atoms. The number of hydrogen-bond donors (Lipinski definition) is 0. The first-order valence-electron chi connectivity index (χ1n) is 8.92. The van der Waals surface area contributed by atoms with Crippen LogP contribution in [0, 0.1) is 17.3 Å². The Morgan fingerprint density at radius 2 is 2.04 bits per heavy atom. The van der Waals surface area contributed by atoms with Crippen molar-refractivity contribution in [3.8, 4) is 0 Å². The predicted octanol–water partition coefficient (Wildman–Crippen LogP) is 3.01. The Morgan fingerprint density at radius 1 is 1.22 bits per heavy atom. The van der Waals surface area contributed by atoms with Gasteiger partial charge in [-0.25, -0.2) is 4.79 Å². The maximum atomic E-state index is 12.1. The van der Waals surface area contributed by atoms with Gasteiger partial charge >= 0.3 is 5.97 Å². The van der Waals surface area contributed by atoms with E-state index in [0.29, 0.717) is 5.92 Å². The molecule has 2 aliphatic heterocycles. The van der Waals surface area contributed by atoms with Gasteiger partial charge in [0, 0.05) is 11.3 Å². The van der Waals surface area contributed by atoms with Crippen LogP contribution < -0.4 is 0 Å². The molecule has 4 rings (SSSR count). The second-order valence-electron chi connectivity index (χ2n) is 7.88. The first-order chi connectivity index (χ1) is 11.1. The van der Waals surface area contributed by atoms with Crippen molar-refractivity contribution in [2.75, 3.05) is 7.11 Å². The minimum atomic E-state index is -0.504. The molecule has 2 aliphatic carbocycles. The molecule has 0 unspecified atom stereocenters. The van der Waals surface area contributed by atoms with Gasteiger partial charge in [-0.2, -0.15) is 0 Å². The number of esters is 1. The number of methoxy groups -OCH3 is 1. The monoisotopic (exact) mass is 321 g/mol. The summed E-state index contributed by atoms with van der Waals surface area (Å²) in [4.78, 5) is 24.3. The van der Waals surface area contributed by atoms with Crippen molar-refractivity contribution in [1.29, 1.82) is 0 Å². The van der Waals surface area contributed by atoms with Crippen molar-refractivity contribution in [3.05, 3.63) is 11.6 Å². The second-order valence-corrected chi connectivity index (χ2v) is 7.88. The summed E-state index contributed by atoms with van der Waals surface area (Å²) < 4.78 is 4.96. The molecule has 0 aromatic carbocycles. The molecule has 0 aromatic rings. The molecule has 5 heteroatoms. The Morgan fingerprint density at radius 3 is 2.78 bits per heavy atom. The van der Waals surface area contributed by atoms with Crippen LogP contribution >= 0.6 is 0 Å². The van der Waals surface area contributed by atoms with Crippen molar-refractivity contribution in [2.24, 2.45) is 17.3 Å². The Kier molecular flexibility index (Phi) is 3.78. The number of hydrogen-bond acceptors (Lipinski definition) is 5. The van der Waals surface area contributed by atoms with E-state index in [0.717, 1.165) is 12.8 Å². The lowest BCUT2D eigenvalue weighted by Gasteiger charge is -2.59. The highest BCUT2D eigenvalue weighted by molar-refractivity contribution is 5.75. The minimum absolute atomic E-state index is 0.0615. The van der Waals surface area contributed by atoms with Gasteiger partial charge in [0.2, 0.25) is 0 Å². The zero-order valence-corrected chi connectivity index (χ0v) is 14.3. The largest absolute Gasteiger partial charge is 0.467 e. The van der Waals surface area contributed by atoms with Crippen molar-refractivity contribution in [3.63, 3.8) is 0 Å². The highest BCUT2D eigenvalue weighted by Gasteiger charge is 2.65. The highest BCUT2D eigenvalue weighted by atomic mass is 17.0. The topological polar surface area (TPSA) is 48.0 Å². The van der Waals surface area contributed by atoms with Crippen molar-refractivity contribution >= 4 is 5.97 Å². The van der Waals surface area contributed by atoms with Crippen LogP contribution in [-0.4, -0.2) is 36.6 Å². The first kappa shape index (κ1) is 15.6. The van der Waals surface area contributed by atoms with Gasteiger partial charge < -0.3 is 4.74 Å². The summed E-state index contributed by atoms with van der Waals surface area (Å²) in [5.74, 6) is 0.486. The quantitative estimate of drug-likeness (QED) is 0.578. The normalized spacial score (nSPS) is 45.3. The molecule has 5 nitrogen and oxygen atoms in total. The van der Waals surface area contributed by atoms with Gasteiger partial charge in [0.05, 0.1) is 13.2 Å². The smallest absolute Gasteiger partial charge is 0.337 e. The summed E-state index contributed by atoms with van der Waals surface area (Å²) in [5.41, 5.74) is 1.50. The first-order valence-corrected chi connectivity index (χ1v) is 8.92. The number of hydroxylamine groups is 2. The lowest BCUT2D eigenvalue weighted by atomic mass is 9.52. The van der Waals surface area contributed by atoms with Gasteiger partial charge in [-0.05, 0) is 45.4 Å². The molecular weight excluding hydrogens is 294 g/mol. The van der Waals surface area contributed by atoms with Gasteiger partial charge in [-0.1, -0.05) is 29.7 Å². The molecule has 128 valence electrons. The Hall–Kier alpha value is -0.910. The van der Waals surface area contributed by atoms with Crippen LogP contribution in [0.4, 0.5) is 0 Å². The number of carbonyl (C=O) groups is 1. The number of carbonyl (C=O) groups excluding carboxylic acids is 1. The maximum Gasteiger partial charge on any atom is 0.337 e. The predicted molar refractivity (Wildman–Crippen MR) is 83.9 cm³/mol. The van der Waals surface area contributed by atoms with E-state index >= 15 is 0 Å². The van der Waals surface area contributed by atoms with Crippen molar-refractivity contribution < 1.29 is 19.2 Å². The molecule has 2 saturated carbocycles. The van der Waals surface area contributed by atoms with Crippen molar-refractivity contribution in [2.45, 2.75) is 70.6 Å². The summed E-state index contributed by atoms with van der Waals surface area (Å²) in [5, 5.41) is 1.67. The molecule has 23 heavy (non-hydrogen) atoms. The van der Waals surface area contributed by atoms with E-state index in [1.807, 2.05) is 0 Å². The van der Waals surface area contributed by atoms with Gasteiger partial charge in [-0.3, -0.25) is 9.68 Å². The van der Waals surface area contributed by atoms with E-state index in [4.69, 9.17) is 14.4 Å². The van der Waals surface area contributed by atoms with E-state index in [1.165, 1.54) is 38.4 Å². The zero-order chi connectivity index (χ0) is 16.2. The number of nitrogens with zero attached hydrogens (tertiary/aromatic N) is 1. The number of ether oxygens (including phenoxy) is 1. The maximum absolute atomic E-state index is 12.1. The van der Waals surface area contributed by atoms with Crippen LogP contribution in [0.1, 0.15) is 52.4 Å². The Labute approximate surface area is 137 Å². The fourth-order valence-electron chi connectivity index (χ4n) is 5.55. The Bertz CT molecular complexity index is 529. The fourth-order valence-corrected chi connectivity index (χ4v) is 5.55. The van der Waals surface area contributed by atoms with Crippen LogP contribution in [-0.2, 0) is 19.2 Å². The SMILES string of the molecule is COC(=O)[C@H]1ON2O[C@H](C=C(C)C)[C@@]34CCCC[C@@H]3[C@@H]2[C@@H]1CC4. The Balaban J connectivity index is 1.72. The van der Waals surface area contributed by atoms with Crippen LogP contribution in [0.25, 0.3) is 0 Å². The van der Waals surface area contributed by atoms with Crippen LogP contribution in [0.5, 0.6) is 0 Å². The van der Waals surface area contributed by atoms with Gasteiger partial charge in [-0.15, -0.1) is 0 Å². The van der Waals surface area contributed by atoms with E-state index < -0.39 is 6.10 Å². The number of rotatable bonds is 2. The zero-order valence-electron chi connectivity index (χ0n) is 14.3. The molecule has 4 fully saturated rings. The molecule has 2 heterocycles. The molecule has 4 aliphatic rings. The van der Waals surface area contributed by atoms with Crippen LogP contribution in [0.2, 0.25) is 0 Å². The summed E-state index contributed by atoms with van der Waals surface area (Å²) in [7, 11) is 1.43. The van der Waals surface area contributed by atoms with E-state index in [9.17, 15) is 4.79 Å². The van der Waals surface area contributed by atoms with Gasteiger partial charge in [0.25, 0.3) is 0 Å². The van der Waals surface area contributed by atoms with Crippen LogP contribution in [0.15, 0.2) is 11.6 Å². The average molecular weight is 321 g/mol. The second kappa shape index (κ2) is 5.57. The van der Waals surface area contributed by atoms with E-state index in [1.54, 1.807) is 5.23 Å². The lowest BCUT2D eigenvalue weighted by Crippen LogP contribution is -2.62. The van der Waals surface area contributed by atoms with Gasteiger partial charge in [0.15, 0.2) is 6.10 Å². The molecular formula is C18H27NO4. The molecule has 0 radical (unpaired) electrons. The lowest BCUT2D eigenvalue weighted by molar-refractivity contribution is -0.428. The van der Waals surface area contributed by atoms with E-state index in [-0.39, 0.29) is 29.4 Å². The molecule has 2 saturated heterocycles. The summed E-state index contributed by atoms with van der Waals surface area (Å²) in [6, 6.07) is 0.204. The average Bonchev–Trinajstić information content (AvgIpc) is 2.94. The molecule has 0 amide bonds. The molecule has 6 atom stereocenters. The molecule has 0 spiro atoms. The summed E-state index contributed by atoms with van der Waals surface area (Å²) in [6.45, 7) is 4.25. The highest BCUT2D eigenvalue weighted by Crippen LogP contribution is 2.61. The standard InChI is InChI=1S/C18H27NO4/c1-11(2)10-14-18-8-5-4-6-13(18)15-12(7-9-18)16(17(20)21-3)23-19(15)22-14/h10,12-16H,4-9H2,1-3H3/t12-,13+,14+,15-,16-,18+/m0/s1. The summed E-state index contributed by atoms with van der Waals surface area (Å²) in [6.07, 6.45) is 8.95. The van der Waals surface area contributed by atoms with E-state index in [2.05, 4.69) is 19.9 Å². The molecule has 0 N–H and O–H groups in total. The summed E-state index contributed by atoms with van der Waals surface area (Å²) >= 11 is 0. The van der Waals surface area contributed by atoms with Gasteiger partial charge in [0.1, 0.15) is 6.10 Å². The third kappa shape index (κ3) is 2.20.